The van der Waals surface area contributed by atoms with Crippen molar-refractivity contribution in [2.45, 2.75) is 57.1 Å². The Hall–Kier alpha value is -0.860. The molecule has 1 aromatic carbocycles. The van der Waals surface area contributed by atoms with E-state index in [1.165, 1.54) is 19.3 Å². The molecule has 1 aromatic rings. The van der Waals surface area contributed by atoms with Gasteiger partial charge in [-0.25, -0.2) is 0 Å². The van der Waals surface area contributed by atoms with E-state index in [-0.39, 0.29) is 6.04 Å². The summed E-state index contributed by atoms with van der Waals surface area (Å²) in [6.07, 6.45) is 6.63. The fourth-order valence-corrected chi connectivity index (χ4v) is 3.06. The molecule has 2 atom stereocenters. The largest absolute Gasteiger partial charge is 0.384 e. The molecule has 0 spiro atoms. The van der Waals surface area contributed by atoms with Gasteiger partial charge in [0.15, 0.2) is 0 Å². The van der Waals surface area contributed by atoms with Crippen LogP contribution in [0.4, 0.5) is 0 Å². The fourth-order valence-electron chi connectivity index (χ4n) is 3.06. The lowest BCUT2D eigenvalue weighted by Crippen LogP contribution is -2.48. The van der Waals surface area contributed by atoms with Crippen LogP contribution in [0.1, 0.15) is 51.0 Å². The molecular weight excluding hydrogens is 222 g/mol. The van der Waals surface area contributed by atoms with Crippen molar-refractivity contribution >= 4 is 0 Å². The molecule has 0 saturated carbocycles. The molecule has 1 aliphatic rings. The van der Waals surface area contributed by atoms with Crippen LogP contribution in [0.3, 0.4) is 0 Å². The molecule has 2 nitrogen and oxygen atoms in total. The van der Waals surface area contributed by atoms with Gasteiger partial charge in [-0.05, 0) is 31.4 Å². The monoisotopic (exact) mass is 247 g/mol. The Labute approximate surface area is 110 Å². The minimum absolute atomic E-state index is 0.197. The van der Waals surface area contributed by atoms with E-state index in [2.05, 4.69) is 24.4 Å². The zero-order valence-corrected chi connectivity index (χ0v) is 11.4. The maximum atomic E-state index is 11.2. The minimum Gasteiger partial charge on any atom is -0.384 e. The van der Waals surface area contributed by atoms with Crippen molar-refractivity contribution in [1.82, 2.24) is 5.32 Å². The molecule has 0 aliphatic carbocycles. The molecular formula is C16H25NO. The summed E-state index contributed by atoms with van der Waals surface area (Å²) in [6.45, 7) is 3.17. The van der Waals surface area contributed by atoms with E-state index < -0.39 is 5.60 Å². The predicted molar refractivity (Wildman–Crippen MR) is 75.5 cm³/mol. The van der Waals surface area contributed by atoms with Crippen LogP contribution in [0.25, 0.3) is 0 Å². The van der Waals surface area contributed by atoms with E-state index in [1.54, 1.807) is 0 Å². The van der Waals surface area contributed by atoms with Crippen molar-refractivity contribution in [1.29, 1.82) is 0 Å². The average molecular weight is 247 g/mol. The average Bonchev–Trinajstić information content (AvgIpc) is 2.69. The number of benzene rings is 1. The second-order valence-corrected chi connectivity index (χ2v) is 5.40. The first-order valence-electron chi connectivity index (χ1n) is 7.28. The van der Waals surface area contributed by atoms with Crippen molar-refractivity contribution in [2.75, 3.05) is 6.54 Å². The lowest BCUT2D eigenvalue weighted by molar-refractivity contribution is -0.0138. The second-order valence-electron chi connectivity index (χ2n) is 5.40. The summed E-state index contributed by atoms with van der Waals surface area (Å²) in [4.78, 5) is 0. The highest BCUT2D eigenvalue weighted by Gasteiger charge is 2.37. The molecule has 100 valence electrons. The van der Waals surface area contributed by atoms with Gasteiger partial charge in [0.25, 0.3) is 0 Å². The number of nitrogens with one attached hydrogen (secondary N) is 1. The van der Waals surface area contributed by atoms with Crippen molar-refractivity contribution < 1.29 is 5.11 Å². The topological polar surface area (TPSA) is 32.3 Å². The standard InChI is InChI=1S/C16H25NO/c1-2-12-16(18,14-9-5-3-6-10-14)15-11-7-4-8-13-17-15/h3,5-6,9-10,15,17-18H,2,4,7-8,11-13H2,1H3. The first-order valence-corrected chi connectivity index (χ1v) is 7.28. The molecule has 1 aliphatic heterocycles. The van der Waals surface area contributed by atoms with E-state index in [0.29, 0.717) is 0 Å². The quantitative estimate of drug-likeness (QED) is 0.856. The molecule has 2 unspecified atom stereocenters. The summed E-state index contributed by atoms with van der Waals surface area (Å²) < 4.78 is 0. The predicted octanol–water partition coefficient (Wildman–Crippen LogP) is 3.21. The van der Waals surface area contributed by atoms with E-state index in [9.17, 15) is 5.11 Å². The van der Waals surface area contributed by atoms with Crippen molar-refractivity contribution in [3.8, 4) is 0 Å². The van der Waals surface area contributed by atoms with Crippen LogP contribution in [0.15, 0.2) is 30.3 Å². The van der Waals surface area contributed by atoms with Crippen LogP contribution in [-0.2, 0) is 5.60 Å². The first-order chi connectivity index (χ1) is 8.77. The summed E-state index contributed by atoms with van der Waals surface area (Å²) >= 11 is 0. The second kappa shape index (κ2) is 6.35. The van der Waals surface area contributed by atoms with Crippen LogP contribution in [0.2, 0.25) is 0 Å². The highest BCUT2D eigenvalue weighted by molar-refractivity contribution is 5.24. The molecule has 1 heterocycles. The van der Waals surface area contributed by atoms with Gasteiger partial charge in [-0.2, -0.15) is 0 Å². The van der Waals surface area contributed by atoms with Crippen LogP contribution >= 0.6 is 0 Å². The lowest BCUT2D eigenvalue weighted by atomic mass is 9.80. The third-order valence-corrected chi connectivity index (χ3v) is 4.04. The number of aliphatic hydroxyl groups is 1. The fraction of sp³-hybridized carbons (Fsp3) is 0.625. The summed E-state index contributed by atoms with van der Waals surface area (Å²) in [5, 5.41) is 14.7. The van der Waals surface area contributed by atoms with Crippen LogP contribution in [0.5, 0.6) is 0 Å². The molecule has 0 radical (unpaired) electrons. The van der Waals surface area contributed by atoms with E-state index in [0.717, 1.165) is 31.4 Å². The third-order valence-electron chi connectivity index (χ3n) is 4.04. The van der Waals surface area contributed by atoms with Crippen LogP contribution < -0.4 is 5.32 Å². The number of rotatable bonds is 4. The maximum absolute atomic E-state index is 11.2. The number of hydrogen-bond donors (Lipinski definition) is 2. The Morgan fingerprint density at radius 2 is 2.00 bits per heavy atom. The lowest BCUT2D eigenvalue weighted by Gasteiger charge is -2.37. The van der Waals surface area contributed by atoms with Gasteiger partial charge in [-0.1, -0.05) is 56.5 Å². The van der Waals surface area contributed by atoms with Gasteiger partial charge in [-0.3, -0.25) is 0 Å². The molecule has 2 N–H and O–H groups in total. The number of hydrogen-bond acceptors (Lipinski definition) is 2. The van der Waals surface area contributed by atoms with Gasteiger partial charge >= 0.3 is 0 Å². The molecule has 0 amide bonds. The molecule has 1 fully saturated rings. The summed E-state index contributed by atoms with van der Waals surface area (Å²) in [6, 6.07) is 10.4. The maximum Gasteiger partial charge on any atom is 0.105 e. The Morgan fingerprint density at radius 3 is 2.72 bits per heavy atom. The van der Waals surface area contributed by atoms with Gasteiger partial charge in [0, 0.05) is 6.04 Å². The Balaban J connectivity index is 2.24. The first kappa shape index (κ1) is 13.6. The van der Waals surface area contributed by atoms with Crippen molar-refractivity contribution in [3.05, 3.63) is 35.9 Å². The van der Waals surface area contributed by atoms with Gasteiger partial charge in [0.1, 0.15) is 5.60 Å². The molecule has 18 heavy (non-hydrogen) atoms. The van der Waals surface area contributed by atoms with Gasteiger partial charge in [0.05, 0.1) is 0 Å². The third kappa shape index (κ3) is 2.93. The molecule has 0 aromatic heterocycles. The van der Waals surface area contributed by atoms with E-state index >= 15 is 0 Å². The van der Waals surface area contributed by atoms with E-state index in [1.807, 2.05) is 18.2 Å². The van der Waals surface area contributed by atoms with Crippen LogP contribution in [-0.4, -0.2) is 17.7 Å². The normalized spacial score (nSPS) is 24.2. The Morgan fingerprint density at radius 1 is 1.22 bits per heavy atom. The molecule has 2 heteroatoms. The Bertz CT molecular complexity index is 343. The van der Waals surface area contributed by atoms with Gasteiger partial charge in [0.2, 0.25) is 0 Å². The highest BCUT2D eigenvalue weighted by atomic mass is 16.3. The SMILES string of the molecule is CCCC(O)(c1ccccc1)C1CCCCCN1. The highest BCUT2D eigenvalue weighted by Crippen LogP contribution is 2.33. The molecule has 1 saturated heterocycles. The smallest absolute Gasteiger partial charge is 0.105 e. The Kier molecular flexibility index (Phi) is 4.79. The van der Waals surface area contributed by atoms with Gasteiger partial charge in [-0.15, -0.1) is 0 Å². The van der Waals surface area contributed by atoms with Gasteiger partial charge < -0.3 is 10.4 Å². The zero-order valence-electron chi connectivity index (χ0n) is 11.4. The summed E-state index contributed by atoms with van der Waals surface area (Å²) in [5.74, 6) is 0. The summed E-state index contributed by atoms with van der Waals surface area (Å²) in [7, 11) is 0. The summed E-state index contributed by atoms with van der Waals surface area (Å²) in [5.41, 5.74) is 0.353. The van der Waals surface area contributed by atoms with E-state index in [4.69, 9.17) is 0 Å². The molecule has 0 bridgehead atoms. The van der Waals surface area contributed by atoms with Crippen molar-refractivity contribution in [3.63, 3.8) is 0 Å². The van der Waals surface area contributed by atoms with Crippen LogP contribution in [0, 0.1) is 0 Å². The zero-order chi connectivity index (χ0) is 12.8. The molecule has 2 rings (SSSR count). The minimum atomic E-state index is -0.708. The van der Waals surface area contributed by atoms with Crippen molar-refractivity contribution in [2.24, 2.45) is 0 Å².